The maximum atomic E-state index is 13.9. The van der Waals surface area contributed by atoms with Gasteiger partial charge in [-0.3, -0.25) is 4.79 Å². The van der Waals surface area contributed by atoms with Gasteiger partial charge in [0.1, 0.15) is 5.82 Å². The second kappa shape index (κ2) is 8.08. The number of amides is 1. The summed E-state index contributed by atoms with van der Waals surface area (Å²) in [6.07, 6.45) is 1.13. The van der Waals surface area contributed by atoms with Crippen molar-refractivity contribution >= 4 is 37.5 Å². The molecule has 1 fully saturated rings. The van der Waals surface area contributed by atoms with Gasteiger partial charge in [0.15, 0.2) is 0 Å². The van der Waals surface area contributed by atoms with Crippen LogP contribution in [0.4, 0.5) is 10.1 Å². The lowest BCUT2D eigenvalue weighted by Crippen LogP contribution is -2.43. The summed E-state index contributed by atoms with van der Waals surface area (Å²) >= 11 is 3.29. The Morgan fingerprint density at radius 3 is 2.63 bits per heavy atom. The Bertz CT molecular complexity index is 948. The summed E-state index contributed by atoms with van der Waals surface area (Å²) in [7, 11) is -3.67. The molecule has 1 heterocycles. The minimum Gasteiger partial charge on any atom is -0.323 e. The van der Waals surface area contributed by atoms with Gasteiger partial charge in [-0.1, -0.05) is 22.0 Å². The lowest BCUT2D eigenvalue weighted by molar-refractivity contribution is -0.120. The van der Waals surface area contributed by atoms with E-state index in [-0.39, 0.29) is 23.0 Å². The molecule has 27 heavy (non-hydrogen) atoms. The van der Waals surface area contributed by atoms with E-state index in [1.807, 2.05) is 6.92 Å². The van der Waals surface area contributed by atoms with Crippen molar-refractivity contribution in [1.29, 1.82) is 0 Å². The number of nitrogens with one attached hydrogen (secondary N) is 1. The third-order valence-electron chi connectivity index (χ3n) is 4.59. The molecule has 144 valence electrons. The standard InChI is InChI=1S/C19H20BrFN2O3S/c1-13-4-9-17(21)18(11-13)22-19(24)14-3-2-10-23(12-14)27(25,26)16-7-5-15(20)6-8-16/h4-9,11,14H,2-3,10,12H2,1H3,(H,22,24)/t14-/m0/s1. The van der Waals surface area contributed by atoms with Crippen molar-refractivity contribution in [3.05, 3.63) is 58.3 Å². The number of sulfonamides is 1. The van der Waals surface area contributed by atoms with Crippen LogP contribution in [0.3, 0.4) is 0 Å². The topological polar surface area (TPSA) is 66.5 Å². The van der Waals surface area contributed by atoms with Crippen molar-refractivity contribution in [2.45, 2.75) is 24.7 Å². The Morgan fingerprint density at radius 1 is 1.22 bits per heavy atom. The summed E-state index contributed by atoms with van der Waals surface area (Å²) < 4.78 is 41.7. The Kier molecular flexibility index (Phi) is 5.98. The molecule has 1 N–H and O–H groups in total. The Balaban J connectivity index is 1.74. The van der Waals surface area contributed by atoms with Gasteiger partial charge in [-0.15, -0.1) is 0 Å². The van der Waals surface area contributed by atoms with Gasteiger partial charge < -0.3 is 5.32 Å². The SMILES string of the molecule is Cc1ccc(F)c(NC(=O)[C@H]2CCCN(S(=O)(=O)c3ccc(Br)cc3)C2)c1. The molecule has 1 aliphatic heterocycles. The molecular formula is C19H20BrFN2O3S. The summed E-state index contributed by atoms with van der Waals surface area (Å²) in [6, 6.07) is 10.9. The van der Waals surface area contributed by atoms with Gasteiger partial charge in [0, 0.05) is 17.6 Å². The summed E-state index contributed by atoms with van der Waals surface area (Å²) in [4.78, 5) is 12.8. The Morgan fingerprint density at radius 2 is 1.93 bits per heavy atom. The van der Waals surface area contributed by atoms with Gasteiger partial charge in [-0.2, -0.15) is 4.31 Å². The Labute approximate surface area is 166 Å². The predicted octanol–water partition coefficient (Wildman–Crippen LogP) is 3.94. The number of halogens is 2. The maximum Gasteiger partial charge on any atom is 0.243 e. The number of carbonyl (C=O) groups excluding carboxylic acids is 1. The minimum atomic E-state index is -3.67. The third-order valence-corrected chi connectivity index (χ3v) is 6.99. The fourth-order valence-corrected chi connectivity index (χ4v) is 4.89. The van der Waals surface area contributed by atoms with Crippen LogP contribution in [0.25, 0.3) is 0 Å². The number of nitrogens with zero attached hydrogens (tertiary/aromatic N) is 1. The van der Waals surface area contributed by atoms with Crippen molar-refractivity contribution in [3.8, 4) is 0 Å². The quantitative estimate of drug-likeness (QED) is 0.760. The van der Waals surface area contributed by atoms with Gasteiger partial charge in [-0.05, 0) is 61.7 Å². The Hall–Kier alpha value is -1.77. The molecule has 5 nitrogen and oxygen atoms in total. The lowest BCUT2D eigenvalue weighted by atomic mass is 9.98. The number of carbonyl (C=O) groups is 1. The zero-order valence-corrected chi connectivity index (χ0v) is 17.2. The molecule has 3 rings (SSSR count). The van der Waals surface area contributed by atoms with E-state index in [4.69, 9.17) is 0 Å². The first-order valence-electron chi connectivity index (χ1n) is 8.60. The van der Waals surface area contributed by atoms with Gasteiger partial charge in [-0.25, -0.2) is 12.8 Å². The highest BCUT2D eigenvalue weighted by Gasteiger charge is 2.33. The first-order valence-corrected chi connectivity index (χ1v) is 10.8. The highest BCUT2D eigenvalue weighted by atomic mass is 79.9. The molecule has 0 bridgehead atoms. The number of rotatable bonds is 4. The second-order valence-corrected chi connectivity index (χ2v) is 9.48. The molecule has 8 heteroatoms. The highest BCUT2D eigenvalue weighted by Crippen LogP contribution is 2.26. The summed E-state index contributed by atoms with van der Waals surface area (Å²) in [5.41, 5.74) is 0.947. The number of anilines is 1. The maximum absolute atomic E-state index is 13.9. The molecular weight excluding hydrogens is 435 g/mol. The molecule has 1 saturated heterocycles. The van der Waals surface area contributed by atoms with E-state index in [1.54, 1.807) is 24.3 Å². The molecule has 1 amide bonds. The predicted molar refractivity (Wildman–Crippen MR) is 105 cm³/mol. The van der Waals surface area contributed by atoms with Crippen LogP contribution in [-0.4, -0.2) is 31.7 Å². The molecule has 0 unspecified atom stereocenters. The summed E-state index contributed by atoms with van der Waals surface area (Å²) in [5, 5.41) is 2.60. The van der Waals surface area contributed by atoms with Crippen molar-refractivity contribution in [3.63, 3.8) is 0 Å². The average Bonchev–Trinajstić information content (AvgIpc) is 2.65. The third kappa shape index (κ3) is 4.56. The van der Waals surface area contributed by atoms with E-state index >= 15 is 0 Å². The lowest BCUT2D eigenvalue weighted by Gasteiger charge is -2.31. The van der Waals surface area contributed by atoms with Crippen LogP contribution < -0.4 is 5.32 Å². The smallest absolute Gasteiger partial charge is 0.243 e. The van der Waals surface area contributed by atoms with E-state index in [9.17, 15) is 17.6 Å². The van der Waals surface area contributed by atoms with E-state index < -0.39 is 21.8 Å². The fourth-order valence-electron chi connectivity index (χ4n) is 3.10. The molecule has 0 spiro atoms. The first kappa shape index (κ1) is 20.0. The van der Waals surface area contributed by atoms with E-state index in [0.717, 1.165) is 10.0 Å². The van der Waals surface area contributed by atoms with Gasteiger partial charge in [0.05, 0.1) is 16.5 Å². The van der Waals surface area contributed by atoms with Crippen molar-refractivity contribution in [1.82, 2.24) is 4.31 Å². The van der Waals surface area contributed by atoms with Crippen molar-refractivity contribution in [2.75, 3.05) is 18.4 Å². The second-order valence-electron chi connectivity index (χ2n) is 6.63. The normalized spacial score (nSPS) is 18.3. The molecule has 0 aliphatic carbocycles. The van der Waals surface area contributed by atoms with Gasteiger partial charge >= 0.3 is 0 Å². The number of benzene rings is 2. The fraction of sp³-hybridized carbons (Fsp3) is 0.316. The summed E-state index contributed by atoms with van der Waals surface area (Å²) in [6.45, 7) is 2.25. The molecule has 0 saturated carbocycles. The van der Waals surface area contributed by atoms with Crippen LogP contribution in [-0.2, 0) is 14.8 Å². The number of hydrogen-bond donors (Lipinski definition) is 1. The molecule has 0 aromatic heterocycles. The average molecular weight is 455 g/mol. The van der Waals surface area contributed by atoms with Crippen LogP contribution in [0, 0.1) is 18.7 Å². The van der Waals surface area contributed by atoms with Crippen LogP contribution >= 0.6 is 15.9 Å². The van der Waals surface area contributed by atoms with Crippen LogP contribution in [0.1, 0.15) is 18.4 Å². The van der Waals surface area contributed by atoms with E-state index in [0.29, 0.717) is 19.4 Å². The van der Waals surface area contributed by atoms with E-state index in [1.165, 1.54) is 22.5 Å². The van der Waals surface area contributed by atoms with E-state index in [2.05, 4.69) is 21.2 Å². The van der Waals surface area contributed by atoms with Crippen LogP contribution in [0.2, 0.25) is 0 Å². The first-order chi connectivity index (χ1) is 12.8. The van der Waals surface area contributed by atoms with Gasteiger partial charge in [0.2, 0.25) is 15.9 Å². The largest absolute Gasteiger partial charge is 0.323 e. The molecule has 2 aromatic carbocycles. The van der Waals surface area contributed by atoms with Crippen molar-refractivity contribution < 1.29 is 17.6 Å². The monoisotopic (exact) mass is 454 g/mol. The zero-order chi connectivity index (χ0) is 19.6. The summed E-state index contributed by atoms with van der Waals surface area (Å²) in [5.74, 6) is -1.40. The zero-order valence-electron chi connectivity index (χ0n) is 14.8. The van der Waals surface area contributed by atoms with Crippen LogP contribution in [0.5, 0.6) is 0 Å². The highest BCUT2D eigenvalue weighted by molar-refractivity contribution is 9.10. The molecule has 0 radical (unpaired) electrons. The molecule has 1 aliphatic rings. The molecule has 1 atom stereocenters. The molecule has 2 aromatic rings. The number of hydrogen-bond acceptors (Lipinski definition) is 3. The minimum absolute atomic E-state index is 0.0810. The van der Waals surface area contributed by atoms with Gasteiger partial charge in [0.25, 0.3) is 0 Å². The number of piperidine rings is 1. The number of aryl methyl sites for hydroxylation is 1. The van der Waals surface area contributed by atoms with Crippen LogP contribution in [0.15, 0.2) is 51.8 Å². The van der Waals surface area contributed by atoms with Crippen molar-refractivity contribution in [2.24, 2.45) is 5.92 Å².